The van der Waals surface area contributed by atoms with E-state index < -0.39 is 0 Å². The first-order chi connectivity index (χ1) is 28.9. The summed E-state index contributed by atoms with van der Waals surface area (Å²) >= 11 is 0. The number of fused-ring (bicyclic) bond motifs is 4. The molecule has 0 amide bonds. The minimum Gasteiger partial charge on any atom is -0.507 e. The summed E-state index contributed by atoms with van der Waals surface area (Å²) in [5, 5.41) is 12.7. The molecular weight excluding hydrogens is 739 g/mol. The Bertz CT molecular complexity index is 2380. The fourth-order valence-electron chi connectivity index (χ4n) is 13.9. The smallest absolute Gasteiger partial charge is 0.127 e. The van der Waals surface area contributed by atoms with E-state index in [1.165, 1.54) is 79.2 Å². The lowest BCUT2D eigenvalue weighted by molar-refractivity contribution is 0.0762. The van der Waals surface area contributed by atoms with Crippen LogP contribution in [0.3, 0.4) is 0 Å². The van der Waals surface area contributed by atoms with E-state index in [0.717, 1.165) is 70.2 Å². The van der Waals surface area contributed by atoms with Crippen molar-refractivity contribution in [3.05, 3.63) is 119 Å². The molecule has 2 nitrogen and oxygen atoms in total. The molecule has 9 rings (SSSR count). The summed E-state index contributed by atoms with van der Waals surface area (Å²) in [6.07, 6.45) is 12.8. The van der Waals surface area contributed by atoms with Crippen molar-refractivity contribution >= 4 is 0 Å². The van der Waals surface area contributed by atoms with Gasteiger partial charge in [0.15, 0.2) is 0 Å². The van der Waals surface area contributed by atoms with E-state index in [9.17, 15) is 5.11 Å². The molecule has 2 heteroatoms. The van der Waals surface area contributed by atoms with E-state index in [0.29, 0.717) is 17.6 Å². The van der Waals surface area contributed by atoms with Gasteiger partial charge in [-0.3, -0.25) is 0 Å². The maximum absolute atomic E-state index is 12.7. The van der Waals surface area contributed by atoms with Crippen LogP contribution in [-0.4, -0.2) is 10.1 Å². The molecule has 61 heavy (non-hydrogen) atoms. The van der Waals surface area contributed by atoms with Gasteiger partial charge in [0, 0.05) is 22.3 Å². The van der Waals surface area contributed by atoms with Crippen LogP contribution in [0.5, 0.6) is 5.75 Å². The van der Waals surface area contributed by atoms with Crippen molar-refractivity contribution in [2.45, 2.75) is 155 Å². The van der Waals surface area contributed by atoms with Crippen LogP contribution < -0.4 is 0 Å². The van der Waals surface area contributed by atoms with Gasteiger partial charge in [-0.15, -0.1) is 0 Å². The van der Waals surface area contributed by atoms with Gasteiger partial charge in [-0.1, -0.05) is 148 Å². The number of pyridine rings is 1. The van der Waals surface area contributed by atoms with E-state index in [1.54, 1.807) is 5.56 Å². The van der Waals surface area contributed by atoms with Crippen LogP contribution in [0, 0.1) is 35.5 Å². The van der Waals surface area contributed by atoms with Gasteiger partial charge in [-0.05, 0) is 173 Å². The molecule has 5 aromatic rings. The zero-order valence-corrected chi connectivity index (χ0v) is 39.2. The Balaban J connectivity index is 1.16. The standard InChI is InChI=1S/C59H73NO/c1-37-22-41-23-38(2)32-58(31-37,35-41)46-27-43(26-44(28-46)56(5,6)7)47-16-11-13-18-49(47)53-20-15-21-54(60-53)50-19-14-12-17-48(50)51-29-45(57(8,9)10)30-52(55(51)61)59-33-39(3)24-42(36-59)25-40(4)34-59/h11-21,26-30,37-42,61H,22-25,31-36H2,1-10H3. The first-order valence-electron chi connectivity index (χ1n) is 24.1. The topological polar surface area (TPSA) is 33.1 Å². The van der Waals surface area contributed by atoms with Gasteiger partial charge in [0.25, 0.3) is 0 Å². The number of hydrogen-bond acceptors (Lipinski definition) is 2. The number of aromatic hydroxyl groups is 1. The fourth-order valence-corrected chi connectivity index (χ4v) is 13.9. The van der Waals surface area contributed by atoms with Gasteiger partial charge >= 0.3 is 0 Å². The van der Waals surface area contributed by atoms with Crippen LogP contribution in [0.2, 0.25) is 0 Å². The van der Waals surface area contributed by atoms with Gasteiger partial charge in [0.1, 0.15) is 5.75 Å². The number of nitrogens with zero attached hydrogens (tertiary/aromatic N) is 1. The number of hydrogen-bond donors (Lipinski definition) is 1. The van der Waals surface area contributed by atoms with Gasteiger partial charge in [-0.25, -0.2) is 4.98 Å². The fraction of sp³-hybridized carbons (Fsp3) is 0.508. The molecule has 4 aromatic carbocycles. The lowest BCUT2D eigenvalue weighted by Crippen LogP contribution is -2.42. The number of benzene rings is 4. The Morgan fingerprint density at radius 2 is 0.934 bits per heavy atom. The van der Waals surface area contributed by atoms with Crippen molar-refractivity contribution < 1.29 is 5.11 Å². The van der Waals surface area contributed by atoms with Gasteiger partial charge in [-0.2, -0.15) is 0 Å². The molecule has 4 aliphatic rings. The lowest BCUT2D eigenvalue weighted by Gasteiger charge is -2.51. The second-order valence-corrected chi connectivity index (χ2v) is 23.6. The van der Waals surface area contributed by atoms with E-state index in [2.05, 4.69) is 166 Å². The Morgan fingerprint density at radius 3 is 1.48 bits per heavy atom. The average Bonchev–Trinajstić information content (AvgIpc) is 3.19. The second-order valence-electron chi connectivity index (χ2n) is 23.6. The first-order valence-corrected chi connectivity index (χ1v) is 24.1. The molecule has 4 unspecified atom stereocenters. The first kappa shape index (κ1) is 42.1. The summed E-state index contributed by atoms with van der Waals surface area (Å²) in [4.78, 5) is 5.54. The van der Waals surface area contributed by atoms with Crippen molar-refractivity contribution in [2.75, 3.05) is 0 Å². The van der Waals surface area contributed by atoms with Gasteiger partial charge < -0.3 is 5.11 Å². The molecule has 4 atom stereocenters. The second kappa shape index (κ2) is 15.6. The number of phenols is 1. The molecule has 4 saturated carbocycles. The molecule has 0 saturated heterocycles. The van der Waals surface area contributed by atoms with E-state index >= 15 is 0 Å². The SMILES string of the molecule is CC1CC2CC(C)CC(c3cc(-c4ccccc4-c4cccc(-c5ccccc5-c5cc(C(C)(C)C)cc(C67CC(C)CC(CC(C)C6)C7)c5O)n4)cc(C(C)(C)C)c3)(C1)C2. The Hall–Kier alpha value is -4.17. The predicted molar refractivity (Wildman–Crippen MR) is 258 cm³/mol. The van der Waals surface area contributed by atoms with Crippen LogP contribution in [0.1, 0.15) is 156 Å². The largest absolute Gasteiger partial charge is 0.507 e. The predicted octanol–water partition coefficient (Wildman–Crippen LogP) is 16.3. The summed E-state index contributed by atoms with van der Waals surface area (Å²) < 4.78 is 0. The summed E-state index contributed by atoms with van der Waals surface area (Å²) in [7, 11) is 0. The minimum atomic E-state index is -0.0689. The third-order valence-corrected chi connectivity index (χ3v) is 16.0. The zero-order valence-electron chi connectivity index (χ0n) is 39.2. The van der Waals surface area contributed by atoms with Crippen molar-refractivity contribution in [1.29, 1.82) is 0 Å². The molecule has 4 bridgehead atoms. The Morgan fingerprint density at radius 1 is 0.475 bits per heavy atom. The molecule has 4 fully saturated rings. The summed E-state index contributed by atoms with van der Waals surface area (Å²) in [6, 6.07) is 36.5. The highest BCUT2D eigenvalue weighted by Gasteiger charge is 2.48. The van der Waals surface area contributed by atoms with Crippen molar-refractivity contribution in [3.8, 4) is 50.5 Å². The normalized spacial score (nSPS) is 29.0. The molecule has 0 aliphatic heterocycles. The Kier molecular flexibility index (Phi) is 10.8. The highest BCUT2D eigenvalue weighted by Crippen LogP contribution is 2.58. The van der Waals surface area contributed by atoms with Gasteiger partial charge in [0.05, 0.1) is 11.4 Å². The van der Waals surface area contributed by atoms with Crippen molar-refractivity contribution in [3.63, 3.8) is 0 Å². The average molecular weight is 812 g/mol. The molecule has 4 aliphatic carbocycles. The maximum atomic E-state index is 12.7. The third kappa shape index (κ3) is 8.04. The van der Waals surface area contributed by atoms with Crippen LogP contribution in [0.25, 0.3) is 44.8 Å². The van der Waals surface area contributed by atoms with Crippen molar-refractivity contribution in [2.24, 2.45) is 35.5 Å². The number of rotatable bonds is 6. The van der Waals surface area contributed by atoms with Gasteiger partial charge in [0.2, 0.25) is 0 Å². The van der Waals surface area contributed by atoms with Crippen LogP contribution in [0.15, 0.2) is 97.1 Å². The summed E-state index contributed by atoms with van der Waals surface area (Å²) in [6.45, 7) is 24.0. The molecular formula is C59H73NO. The van der Waals surface area contributed by atoms with Crippen molar-refractivity contribution in [1.82, 2.24) is 4.98 Å². The van der Waals surface area contributed by atoms with Crippen LogP contribution >= 0.6 is 0 Å². The molecule has 1 aromatic heterocycles. The highest BCUT2D eigenvalue weighted by atomic mass is 16.3. The zero-order chi connectivity index (χ0) is 43.1. The number of aromatic nitrogens is 1. The summed E-state index contributed by atoms with van der Waals surface area (Å²) in [5.74, 6) is 4.89. The van der Waals surface area contributed by atoms with Crippen LogP contribution in [-0.2, 0) is 21.7 Å². The quantitative estimate of drug-likeness (QED) is 0.185. The lowest BCUT2D eigenvalue weighted by atomic mass is 9.54. The molecule has 1 N–H and O–H groups in total. The molecule has 1 heterocycles. The Labute approximate surface area is 369 Å². The maximum Gasteiger partial charge on any atom is 0.127 e. The highest BCUT2D eigenvalue weighted by molar-refractivity contribution is 5.88. The molecule has 320 valence electrons. The van der Waals surface area contributed by atoms with E-state index in [-0.39, 0.29) is 21.7 Å². The van der Waals surface area contributed by atoms with E-state index in [4.69, 9.17) is 4.98 Å². The third-order valence-electron chi connectivity index (χ3n) is 16.0. The minimum absolute atomic E-state index is 0.00682. The van der Waals surface area contributed by atoms with Crippen LogP contribution in [0.4, 0.5) is 0 Å². The van der Waals surface area contributed by atoms with E-state index in [1.807, 2.05) is 0 Å². The monoisotopic (exact) mass is 812 g/mol. The number of phenolic OH excluding ortho intramolecular Hbond substituents is 1. The molecule has 0 spiro atoms. The molecule has 0 radical (unpaired) electrons. The summed E-state index contributed by atoms with van der Waals surface area (Å²) in [5.41, 5.74) is 14.3.